The van der Waals surface area contributed by atoms with Crippen molar-refractivity contribution in [3.8, 4) is 0 Å². The Hall–Kier alpha value is -1.79. The van der Waals surface area contributed by atoms with Crippen molar-refractivity contribution in [3.05, 3.63) is 12.7 Å². The van der Waals surface area contributed by atoms with E-state index in [1.807, 2.05) is 6.08 Å². The molecule has 138 valence electrons. The summed E-state index contributed by atoms with van der Waals surface area (Å²) in [7, 11) is 0. The highest BCUT2D eigenvalue weighted by molar-refractivity contribution is 7.40. The number of nitrogens with zero attached hydrogens (tertiary/aromatic N) is 3. The second kappa shape index (κ2) is 5.61. The molecule has 3 heterocycles. The number of hydrogen-bond donors (Lipinski definition) is 0. The van der Waals surface area contributed by atoms with Crippen LogP contribution in [0.3, 0.4) is 0 Å². The van der Waals surface area contributed by atoms with Crippen LogP contribution in [-0.4, -0.2) is 60.0 Å². The topological polar surface area (TPSA) is 64.8 Å². The van der Waals surface area contributed by atoms with Gasteiger partial charge in [-0.05, 0) is 41.5 Å². The summed E-state index contributed by atoms with van der Waals surface area (Å²) >= 11 is 0. The van der Waals surface area contributed by atoms with E-state index in [0.717, 1.165) is 0 Å². The van der Waals surface area contributed by atoms with Crippen LogP contribution in [-0.2, 0) is 14.2 Å². The van der Waals surface area contributed by atoms with Gasteiger partial charge in [-0.2, -0.15) is 0 Å². The quantitative estimate of drug-likeness (QED) is 0.568. The van der Waals surface area contributed by atoms with Crippen molar-refractivity contribution in [2.75, 3.05) is 19.8 Å². The summed E-state index contributed by atoms with van der Waals surface area (Å²) in [5.41, 5.74) is -0.855. The summed E-state index contributed by atoms with van der Waals surface area (Å²) in [4.78, 5) is 14.5. The van der Waals surface area contributed by atoms with Gasteiger partial charge in [0.2, 0.25) is 0 Å². The molecule has 0 saturated heterocycles. The highest BCUT2D eigenvalue weighted by Crippen LogP contribution is 2.34. The lowest BCUT2D eigenvalue weighted by atomic mass is 9.21. The number of aliphatic imine (C=N–C) groups is 3. The molecule has 0 fully saturated rings. The first-order valence-corrected chi connectivity index (χ1v) is 8.97. The summed E-state index contributed by atoms with van der Waals surface area (Å²) in [5.74, 6) is 1.87. The first kappa shape index (κ1) is 18.0. The predicted octanol–water partition coefficient (Wildman–Crippen LogP) is 2.86. The zero-order chi connectivity index (χ0) is 18.5. The van der Waals surface area contributed by atoms with Gasteiger partial charge >= 0.3 is 0 Å². The SMILES string of the molecule is C=CC[B-](C1=NC(C)(C)CO1)(C1=NC(C)(C)CO1)C1=NC(C)(C)CO1. The molecule has 0 bridgehead atoms. The fraction of sp³-hybridized carbons (Fsp3) is 0.722. The Kier molecular flexibility index (Phi) is 4.04. The Morgan fingerprint density at radius 2 is 1.12 bits per heavy atom. The van der Waals surface area contributed by atoms with Crippen LogP contribution in [0.2, 0.25) is 6.32 Å². The second-order valence-corrected chi connectivity index (χ2v) is 9.22. The van der Waals surface area contributed by atoms with E-state index in [1.54, 1.807) is 0 Å². The zero-order valence-corrected chi connectivity index (χ0v) is 16.3. The van der Waals surface area contributed by atoms with Crippen LogP contribution in [0.1, 0.15) is 41.5 Å². The summed E-state index contributed by atoms with van der Waals surface area (Å²) < 4.78 is 18.2. The van der Waals surface area contributed by atoms with E-state index in [-0.39, 0.29) is 16.6 Å². The second-order valence-electron chi connectivity index (χ2n) is 9.22. The Labute approximate surface area is 150 Å². The lowest BCUT2D eigenvalue weighted by Crippen LogP contribution is -2.60. The summed E-state index contributed by atoms with van der Waals surface area (Å²) in [5, 5.41) is 0. The minimum atomic E-state index is -1.74. The lowest BCUT2D eigenvalue weighted by Gasteiger charge is -2.36. The van der Waals surface area contributed by atoms with Gasteiger partial charge in [-0.3, -0.25) is 15.0 Å². The molecule has 0 saturated carbocycles. The zero-order valence-electron chi connectivity index (χ0n) is 16.3. The van der Waals surface area contributed by atoms with E-state index in [1.165, 1.54) is 0 Å². The molecule has 6 nitrogen and oxygen atoms in total. The van der Waals surface area contributed by atoms with Crippen LogP contribution in [0, 0.1) is 0 Å². The van der Waals surface area contributed by atoms with Crippen molar-refractivity contribution in [1.29, 1.82) is 0 Å². The number of ether oxygens (including phenoxy) is 3. The van der Waals surface area contributed by atoms with E-state index < -0.39 is 6.15 Å². The Morgan fingerprint density at radius 1 is 0.800 bits per heavy atom. The number of allylic oxidation sites excluding steroid dienone is 1. The third kappa shape index (κ3) is 3.21. The molecular weight excluding hydrogens is 317 g/mol. The van der Waals surface area contributed by atoms with Gasteiger partial charge in [0.15, 0.2) is 0 Å². The van der Waals surface area contributed by atoms with Crippen LogP contribution >= 0.6 is 0 Å². The Balaban J connectivity index is 2.18. The molecule has 7 heteroatoms. The van der Waals surface area contributed by atoms with Crippen molar-refractivity contribution in [3.63, 3.8) is 0 Å². The van der Waals surface area contributed by atoms with Gasteiger partial charge < -0.3 is 14.2 Å². The average Bonchev–Trinajstić information content (AvgIpc) is 3.14. The minimum absolute atomic E-state index is 0.285. The Bertz CT molecular complexity index is 593. The maximum Gasteiger partial charge on any atom is 0.268 e. The fourth-order valence-electron chi connectivity index (χ4n) is 3.47. The lowest BCUT2D eigenvalue weighted by molar-refractivity contribution is 0.273. The molecule has 3 aliphatic rings. The smallest absolute Gasteiger partial charge is 0.268 e. The van der Waals surface area contributed by atoms with Gasteiger partial charge in [0.1, 0.15) is 19.8 Å². The standard InChI is InChI=1S/C18H29BN3O3/c1-8-9-19(13-20-16(2,3)10-23-13,14-21-17(4,5)11-24-14)15-22-18(6,7)12-25-15/h8H,1,9-12H2,2-7H3/q-1. The van der Waals surface area contributed by atoms with Crippen LogP contribution in [0.5, 0.6) is 0 Å². The molecule has 0 aromatic heterocycles. The van der Waals surface area contributed by atoms with E-state index in [0.29, 0.717) is 43.5 Å². The minimum Gasteiger partial charge on any atom is -0.518 e. The predicted molar refractivity (Wildman–Crippen MR) is 103 cm³/mol. The highest BCUT2D eigenvalue weighted by Gasteiger charge is 2.51. The largest absolute Gasteiger partial charge is 0.518 e. The molecule has 0 aromatic carbocycles. The van der Waals surface area contributed by atoms with E-state index in [4.69, 9.17) is 29.2 Å². The molecule has 0 aliphatic carbocycles. The average molecular weight is 346 g/mol. The molecule has 0 aromatic rings. The van der Waals surface area contributed by atoms with Crippen molar-refractivity contribution < 1.29 is 14.2 Å². The molecule has 0 radical (unpaired) electrons. The maximum absolute atomic E-state index is 6.06. The normalized spacial score (nSPS) is 26.1. The van der Waals surface area contributed by atoms with Gasteiger partial charge in [-0.15, -0.1) is 19.0 Å². The van der Waals surface area contributed by atoms with Crippen LogP contribution in [0.15, 0.2) is 27.6 Å². The molecule has 0 unspecified atom stereocenters. The first-order chi connectivity index (χ1) is 11.5. The molecule has 3 rings (SSSR count). The molecule has 0 amide bonds. The van der Waals surface area contributed by atoms with Gasteiger partial charge in [0.05, 0.1) is 16.6 Å². The third-order valence-electron chi connectivity index (χ3n) is 4.74. The van der Waals surface area contributed by atoms with E-state index in [9.17, 15) is 0 Å². The van der Waals surface area contributed by atoms with Crippen molar-refractivity contribution in [2.45, 2.75) is 64.5 Å². The molecule has 25 heavy (non-hydrogen) atoms. The van der Waals surface area contributed by atoms with Crippen molar-refractivity contribution in [2.24, 2.45) is 15.0 Å². The van der Waals surface area contributed by atoms with Crippen LogP contribution in [0.4, 0.5) is 0 Å². The summed E-state index contributed by atoms with van der Waals surface area (Å²) in [6, 6.07) is 0. The highest BCUT2D eigenvalue weighted by atomic mass is 16.5. The van der Waals surface area contributed by atoms with Gasteiger partial charge in [0, 0.05) is 17.4 Å². The molecular formula is C18H29BN3O3-. The number of rotatable bonds is 5. The number of hydrogen-bond acceptors (Lipinski definition) is 6. The molecule has 0 N–H and O–H groups in total. The third-order valence-corrected chi connectivity index (χ3v) is 4.74. The van der Waals surface area contributed by atoms with Gasteiger partial charge in [-0.1, -0.05) is 0 Å². The van der Waals surface area contributed by atoms with Crippen molar-refractivity contribution in [1.82, 2.24) is 0 Å². The van der Waals surface area contributed by atoms with Crippen molar-refractivity contribution >= 4 is 23.5 Å². The molecule has 0 atom stereocenters. The summed E-state index contributed by atoms with van der Waals surface area (Å²) in [6.07, 6.45) is 0.679. The van der Waals surface area contributed by atoms with Crippen LogP contribution in [0.25, 0.3) is 0 Å². The molecule has 3 aliphatic heterocycles. The molecule has 0 spiro atoms. The van der Waals surface area contributed by atoms with E-state index in [2.05, 4.69) is 48.1 Å². The van der Waals surface area contributed by atoms with Gasteiger partial charge in [-0.25, -0.2) is 0 Å². The fourth-order valence-corrected chi connectivity index (χ4v) is 3.47. The van der Waals surface area contributed by atoms with E-state index >= 15 is 0 Å². The summed E-state index contributed by atoms with van der Waals surface area (Å²) in [6.45, 7) is 17.8. The maximum atomic E-state index is 6.06. The van der Waals surface area contributed by atoms with Gasteiger partial charge in [0.25, 0.3) is 6.15 Å². The first-order valence-electron chi connectivity index (χ1n) is 8.97. The Morgan fingerprint density at radius 3 is 1.32 bits per heavy atom. The van der Waals surface area contributed by atoms with Crippen LogP contribution < -0.4 is 0 Å². The monoisotopic (exact) mass is 346 g/mol.